The number of ether oxygens (including phenoxy) is 1. The maximum atomic E-state index is 11.6. The van der Waals surface area contributed by atoms with Crippen molar-refractivity contribution in [2.75, 3.05) is 18.5 Å². The van der Waals surface area contributed by atoms with Gasteiger partial charge in [0.15, 0.2) is 0 Å². The Bertz CT molecular complexity index is 489. The van der Waals surface area contributed by atoms with Crippen LogP contribution in [0.15, 0.2) is 6.20 Å². The van der Waals surface area contributed by atoms with E-state index in [0.717, 1.165) is 0 Å². The number of carbonyl (C=O) groups is 2. The first kappa shape index (κ1) is 15.9. The number of hydrogen-bond donors (Lipinski definition) is 2. The molecule has 1 aromatic rings. The second kappa shape index (κ2) is 7.42. The van der Waals surface area contributed by atoms with Crippen LogP contribution in [-0.4, -0.2) is 41.0 Å². The number of amides is 1. The zero-order valence-corrected chi connectivity index (χ0v) is 12.2. The smallest absolute Gasteiger partial charge is 0.341 e. The first-order valence-electron chi connectivity index (χ1n) is 6.48. The number of aromatic nitrogens is 2. The van der Waals surface area contributed by atoms with E-state index in [1.54, 1.807) is 13.8 Å². The molecule has 0 bridgehead atoms. The fourth-order valence-electron chi connectivity index (χ4n) is 1.49. The summed E-state index contributed by atoms with van der Waals surface area (Å²) in [5.74, 6) is -0.292. The maximum Gasteiger partial charge on any atom is 0.341 e. The van der Waals surface area contributed by atoms with Gasteiger partial charge in [0.2, 0.25) is 11.9 Å². The predicted octanol–water partition coefficient (Wildman–Crippen LogP) is 0.898. The number of nitrogens with one attached hydrogen (secondary N) is 2. The van der Waals surface area contributed by atoms with E-state index in [-0.39, 0.29) is 18.5 Å². The van der Waals surface area contributed by atoms with Crippen molar-refractivity contribution in [3.05, 3.63) is 17.5 Å². The van der Waals surface area contributed by atoms with E-state index in [0.29, 0.717) is 23.8 Å². The Morgan fingerprint density at radius 2 is 2.10 bits per heavy atom. The molecule has 0 fully saturated rings. The Hall–Kier alpha value is -2.18. The van der Waals surface area contributed by atoms with Crippen molar-refractivity contribution < 1.29 is 14.3 Å². The first-order chi connectivity index (χ1) is 9.43. The third kappa shape index (κ3) is 4.83. The van der Waals surface area contributed by atoms with Crippen LogP contribution in [0.5, 0.6) is 0 Å². The van der Waals surface area contributed by atoms with E-state index in [4.69, 9.17) is 4.74 Å². The Morgan fingerprint density at radius 1 is 1.40 bits per heavy atom. The standard InChI is InChI=1S/C13H20N4O3/c1-5-20-12(19)10-6-14-13(17-9(10)4)15-7-11(18)16-8(2)3/h6,8H,5,7H2,1-4H3,(H,16,18)(H,14,15,17). The van der Waals surface area contributed by atoms with Crippen LogP contribution in [0, 0.1) is 6.92 Å². The number of esters is 1. The Balaban J connectivity index is 2.64. The van der Waals surface area contributed by atoms with Crippen LogP contribution in [-0.2, 0) is 9.53 Å². The predicted molar refractivity (Wildman–Crippen MR) is 74.5 cm³/mol. The molecule has 0 aliphatic heterocycles. The van der Waals surface area contributed by atoms with Crippen molar-refractivity contribution in [2.45, 2.75) is 33.7 Å². The molecule has 1 amide bonds. The highest BCUT2D eigenvalue weighted by atomic mass is 16.5. The lowest BCUT2D eigenvalue weighted by Crippen LogP contribution is -2.35. The highest BCUT2D eigenvalue weighted by Crippen LogP contribution is 2.08. The Morgan fingerprint density at radius 3 is 2.65 bits per heavy atom. The molecule has 1 heterocycles. The van der Waals surface area contributed by atoms with Gasteiger partial charge in [0.1, 0.15) is 0 Å². The summed E-state index contributed by atoms with van der Waals surface area (Å²) in [6.45, 7) is 7.56. The van der Waals surface area contributed by atoms with Crippen molar-refractivity contribution in [1.29, 1.82) is 0 Å². The first-order valence-corrected chi connectivity index (χ1v) is 6.48. The molecule has 0 aliphatic carbocycles. The number of carbonyl (C=O) groups excluding carboxylic acids is 2. The fraction of sp³-hybridized carbons (Fsp3) is 0.538. The summed E-state index contributed by atoms with van der Waals surface area (Å²) < 4.78 is 4.89. The lowest BCUT2D eigenvalue weighted by atomic mass is 10.2. The van der Waals surface area contributed by atoms with Gasteiger partial charge in [-0.3, -0.25) is 4.79 Å². The van der Waals surface area contributed by atoms with Crippen LogP contribution in [0.25, 0.3) is 0 Å². The second-order valence-corrected chi connectivity index (χ2v) is 4.49. The molecule has 0 radical (unpaired) electrons. The van der Waals surface area contributed by atoms with Crippen LogP contribution < -0.4 is 10.6 Å². The molecular formula is C13H20N4O3. The van der Waals surface area contributed by atoms with E-state index in [9.17, 15) is 9.59 Å². The molecule has 7 heteroatoms. The summed E-state index contributed by atoms with van der Waals surface area (Å²) in [6.07, 6.45) is 1.39. The van der Waals surface area contributed by atoms with Crippen molar-refractivity contribution in [3.63, 3.8) is 0 Å². The van der Waals surface area contributed by atoms with E-state index < -0.39 is 5.97 Å². The number of anilines is 1. The summed E-state index contributed by atoms with van der Waals surface area (Å²) in [5.41, 5.74) is 0.828. The van der Waals surface area contributed by atoms with E-state index in [1.807, 2.05) is 13.8 Å². The van der Waals surface area contributed by atoms with Crippen LogP contribution >= 0.6 is 0 Å². The van der Waals surface area contributed by atoms with Gasteiger partial charge in [0.25, 0.3) is 0 Å². The van der Waals surface area contributed by atoms with Gasteiger partial charge >= 0.3 is 5.97 Å². The summed E-state index contributed by atoms with van der Waals surface area (Å²) in [6, 6.07) is 0.0816. The topological polar surface area (TPSA) is 93.2 Å². The van der Waals surface area contributed by atoms with Crippen molar-refractivity contribution in [1.82, 2.24) is 15.3 Å². The normalized spacial score (nSPS) is 10.2. The monoisotopic (exact) mass is 280 g/mol. The van der Waals surface area contributed by atoms with Gasteiger partial charge in [-0.05, 0) is 27.7 Å². The Labute approximate surface area is 118 Å². The van der Waals surface area contributed by atoms with E-state index in [2.05, 4.69) is 20.6 Å². The SMILES string of the molecule is CCOC(=O)c1cnc(NCC(=O)NC(C)C)nc1C. The molecule has 0 atom stereocenters. The van der Waals surface area contributed by atoms with Crippen molar-refractivity contribution in [2.24, 2.45) is 0 Å². The van der Waals surface area contributed by atoms with Crippen LogP contribution in [0.2, 0.25) is 0 Å². The van der Waals surface area contributed by atoms with Gasteiger partial charge in [-0.1, -0.05) is 0 Å². The van der Waals surface area contributed by atoms with Crippen molar-refractivity contribution >= 4 is 17.8 Å². The summed E-state index contributed by atoms with van der Waals surface area (Å²) >= 11 is 0. The van der Waals surface area contributed by atoms with E-state index in [1.165, 1.54) is 6.20 Å². The molecule has 0 aliphatic rings. The minimum absolute atomic E-state index is 0.0797. The molecule has 20 heavy (non-hydrogen) atoms. The highest BCUT2D eigenvalue weighted by Gasteiger charge is 2.13. The summed E-state index contributed by atoms with van der Waals surface area (Å²) in [5, 5.41) is 5.55. The zero-order chi connectivity index (χ0) is 15.1. The lowest BCUT2D eigenvalue weighted by Gasteiger charge is -2.10. The van der Waals surface area contributed by atoms with Gasteiger partial charge in [-0.15, -0.1) is 0 Å². The average Bonchev–Trinajstić information content (AvgIpc) is 2.35. The molecule has 0 aromatic carbocycles. The van der Waals surface area contributed by atoms with Gasteiger partial charge in [0.05, 0.1) is 24.4 Å². The fourth-order valence-corrected chi connectivity index (χ4v) is 1.49. The third-order valence-corrected chi connectivity index (χ3v) is 2.33. The minimum Gasteiger partial charge on any atom is -0.462 e. The summed E-state index contributed by atoms with van der Waals surface area (Å²) in [4.78, 5) is 31.2. The molecule has 0 saturated heterocycles. The quantitative estimate of drug-likeness (QED) is 0.752. The molecule has 0 spiro atoms. The zero-order valence-electron chi connectivity index (χ0n) is 12.2. The van der Waals surface area contributed by atoms with Crippen LogP contribution in [0.1, 0.15) is 36.8 Å². The number of aryl methyl sites for hydroxylation is 1. The third-order valence-electron chi connectivity index (χ3n) is 2.33. The molecule has 1 aromatic heterocycles. The average molecular weight is 280 g/mol. The van der Waals surface area contributed by atoms with Gasteiger partial charge in [-0.25, -0.2) is 14.8 Å². The largest absolute Gasteiger partial charge is 0.462 e. The van der Waals surface area contributed by atoms with Crippen molar-refractivity contribution in [3.8, 4) is 0 Å². The molecule has 0 saturated carbocycles. The second-order valence-electron chi connectivity index (χ2n) is 4.49. The molecule has 2 N–H and O–H groups in total. The molecular weight excluding hydrogens is 260 g/mol. The summed E-state index contributed by atoms with van der Waals surface area (Å²) in [7, 11) is 0. The van der Waals surface area contributed by atoms with Crippen LogP contribution in [0.3, 0.4) is 0 Å². The Kier molecular flexibility index (Phi) is 5.89. The van der Waals surface area contributed by atoms with Gasteiger partial charge in [-0.2, -0.15) is 0 Å². The molecule has 7 nitrogen and oxygen atoms in total. The van der Waals surface area contributed by atoms with Gasteiger partial charge in [0, 0.05) is 12.2 Å². The van der Waals surface area contributed by atoms with E-state index >= 15 is 0 Å². The minimum atomic E-state index is -0.450. The molecule has 0 unspecified atom stereocenters. The highest BCUT2D eigenvalue weighted by molar-refractivity contribution is 5.90. The number of hydrogen-bond acceptors (Lipinski definition) is 6. The lowest BCUT2D eigenvalue weighted by molar-refractivity contribution is -0.119. The van der Waals surface area contributed by atoms with Gasteiger partial charge < -0.3 is 15.4 Å². The number of nitrogens with zero attached hydrogens (tertiary/aromatic N) is 2. The molecule has 110 valence electrons. The van der Waals surface area contributed by atoms with Crippen LogP contribution in [0.4, 0.5) is 5.95 Å². The molecule has 1 rings (SSSR count). The number of rotatable bonds is 6. The maximum absolute atomic E-state index is 11.6.